The monoisotopic (exact) mass is 134 g/mol. The summed E-state index contributed by atoms with van der Waals surface area (Å²) in [6, 6.07) is 0. The van der Waals surface area contributed by atoms with E-state index in [1.54, 1.807) is 0 Å². The van der Waals surface area contributed by atoms with Gasteiger partial charge in [0.1, 0.15) is 6.10 Å². The normalized spacial score (nSPS) is 26.4. The predicted molar refractivity (Wildman–Crippen MR) is 30.2 cm³/mol. The molecule has 1 rings (SSSR count). The lowest BCUT2D eigenvalue weighted by Gasteiger charge is -2.17. The lowest BCUT2D eigenvalue weighted by molar-refractivity contribution is -0.133. The minimum absolute atomic E-state index is 0. The van der Waals surface area contributed by atoms with E-state index >= 15 is 0 Å². The number of carbonyl (C=O) groups excluding carboxylic acids is 1. The summed E-state index contributed by atoms with van der Waals surface area (Å²) in [6.45, 7) is 1.58. The molecule has 9 heavy (non-hydrogen) atoms. The van der Waals surface area contributed by atoms with Crippen molar-refractivity contribution in [3.63, 3.8) is 0 Å². The Bertz CT molecular complexity index is 77.0. The van der Waals surface area contributed by atoms with Crippen LogP contribution in [0.2, 0.25) is 0 Å². The largest absolute Gasteiger partial charge is 0.412 e. The van der Waals surface area contributed by atoms with Crippen LogP contribution in [0.25, 0.3) is 0 Å². The molecule has 1 aliphatic heterocycles. The molecule has 1 saturated heterocycles. The SMILES string of the molecule is O.O=CC1COCCO1. The quantitative estimate of drug-likeness (QED) is 0.422. The van der Waals surface area contributed by atoms with Gasteiger partial charge in [0.25, 0.3) is 0 Å². The second-order valence-corrected chi connectivity index (χ2v) is 1.62. The summed E-state index contributed by atoms with van der Waals surface area (Å²) in [4.78, 5) is 9.95. The molecule has 0 aliphatic carbocycles. The van der Waals surface area contributed by atoms with E-state index in [4.69, 9.17) is 9.47 Å². The molecule has 0 spiro atoms. The van der Waals surface area contributed by atoms with E-state index in [-0.39, 0.29) is 11.6 Å². The Morgan fingerprint density at radius 3 is 2.56 bits per heavy atom. The number of rotatable bonds is 1. The average Bonchev–Trinajstić information content (AvgIpc) is 1.90. The Balaban J connectivity index is 0.000000640. The Morgan fingerprint density at radius 2 is 2.22 bits per heavy atom. The summed E-state index contributed by atoms with van der Waals surface area (Å²) >= 11 is 0. The highest BCUT2D eigenvalue weighted by Gasteiger charge is 2.11. The lowest BCUT2D eigenvalue weighted by Crippen LogP contribution is -2.29. The van der Waals surface area contributed by atoms with Crippen molar-refractivity contribution in [1.82, 2.24) is 0 Å². The van der Waals surface area contributed by atoms with Crippen LogP contribution in [0.3, 0.4) is 0 Å². The van der Waals surface area contributed by atoms with Crippen molar-refractivity contribution in [2.75, 3.05) is 19.8 Å². The number of hydrogen-bond donors (Lipinski definition) is 0. The predicted octanol–water partition coefficient (Wildman–Crippen LogP) is -1.22. The molecule has 1 fully saturated rings. The van der Waals surface area contributed by atoms with Gasteiger partial charge in [-0.25, -0.2) is 0 Å². The zero-order valence-corrected chi connectivity index (χ0v) is 5.00. The molecule has 1 atom stereocenters. The van der Waals surface area contributed by atoms with Crippen LogP contribution in [0, 0.1) is 0 Å². The molecule has 2 N–H and O–H groups in total. The minimum atomic E-state index is -0.316. The van der Waals surface area contributed by atoms with Gasteiger partial charge in [-0.1, -0.05) is 0 Å². The highest BCUT2D eigenvalue weighted by atomic mass is 16.6. The Kier molecular flexibility index (Phi) is 4.21. The molecule has 0 aromatic rings. The van der Waals surface area contributed by atoms with Gasteiger partial charge in [0.2, 0.25) is 0 Å². The van der Waals surface area contributed by atoms with Crippen LogP contribution in [-0.2, 0) is 14.3 Å². The van der Waals surface area contributed by atoms with Crippen LogP contribution < -0.4 is 0 Å². The van der Waals surface area contributed by atoms with Gasteiger partial charge in [-0.2, -0.15) is 0 Å². The zero-order chi connectivity index (χ0) is 5.82. The first-order chi connectivity index (χ1) is 3.93. The topological polar surface area (TPSA) is 67.0 Å². The van der Waals surface area contributed by atoms with Crippen LogP contribution in [0.4, 0.5) is 0 Å². The van der Waals surface area contributed by atoms with Gasteiger partial charge in [0.15, 0.2) is 6.29 Å². The summed E-state index contributed by atoms with van der Waals surface area (Å²) in [5.41, 5.74) is 0. The first-order valence-corrected chi connectivity index (χ1v) is 2.58. The van der Waals surface area contributed by atoms with Crippen molar-refractivity contribution >= 4 is 6.29 Å². The van der Waals surface area contributed by atoms with Crippen molar-refractivity contribution in [3.05, 3.63) is 0 Å². The standard InChI is InChI=1S/C5H8O3.H2O/c6-3-5-4-7-1-2-8-5;/h3,5H,1-2,4H2;1H2. The van der Waals surface area contributed by atoms with Gasteiger partial charge in [-0.15, -0.1) is 0 Å². The fraction of sp³-hybridized carbons (Fsp3) is 0.800. The van der Waals surface area contributed by atoms with Gasteiger partial charge in [-0.05, 0) is 0 Å². The molecule has 0 aromatic carbocycles. The molecule has 1 heterocycles. The third kappa shape index (κ3) is 2.55. The smallest absolute Gasteiger partial charge is 0.151 e. The molecule has 0 radical (unpaired) electrons. The van der Waals surface area contributed by atoms with Crippen molar-refractivity contribution in [2.24, 2.45) is 0 Å². The van der Waals surface area contributed by atoms with E-state index in [9.17, 15) is 4.79 Å². The number of ether oxygens (including phenoxy) is 2. The lowest BCUT2D eigenvalue weighted by atomic mass is 10.4. The van der Waals surface area contributed by atoms with E-state index in [1.807, 2.05) is 0 Å². The number of hydrogen-bond acceptors (Lipinski definition) is 3. The molecular formula is C5H10O4. The maximum Gasteiger partial charge on any atom is 0.151 e. The first-order valence-electron chi connectivity index (χ1n) is 2.58. The molecule has 0 amide bonds. The van der Waals surface area contributed by atoms with Gasteiger partial charge in [0.05, 0.1) is 19.8 Å². The van der Waals surface area contributed by atoms with E-state index < -0.39 is 0 Å². The molecule has 0 aromatic heterocycles. The summed E-state index contributed by atoms with van der Waals surface area (Å²) in [6.07, 6.45) is 0.447. The number of carbonyl (C=O) groups is 1. The molecule has 1 aliphatic rings. The van der Waals surface area contributed by atoms with Crippen LogP contribution in [0.1, 0.15) is 0 Å². The summed E-state index contributed by atoms with van der Waals surface area (Å²) < 4.78 is 9.85. The Morgan fingerprint density at radius 1 is 1.44 bits per heavy atom. The molecule has 0 saturated carbocycles. The second kappa shape index (κ2) is 4.43. The Labute approximate surface area is 53.1 Å². The average molecular weight is 134 g/mol. The summed E-state index contributed by atoms with van der Waals surface area (Å²) in [7, 11) is 0. The van der Waals surface area contributed by atoms with E-state index in [0.717, 1.165) is 6.29 Å². The molecule has 4 nitrogen and oxygen atoms in total. The molecule has 4 heteroatoms. The van der Waals surface area contributed by atoms with Crippen LogP contribution in [0.15, 0.2) is 0 Å². The Hall–Kier alpha value is -0.450. The van der Waals surface area contributed by atoms with E-state index in [0.29, 0.717) is 19.8 Å². The van der Waals surface area contributed by atoms with Crippen molar-refractivity contribution < 1.29 is 19.7 Å². The second-order valence-electron chi connectivity index (χ2n) is 1.62. The maximum atomic E-state index is 9.95. The number of aldehydes is 1. The van der Waals surface area contributed by atoms with E-state index in [2.05, 4.69) is 0 Å². The molecule has 54 valence electrons. The molecule has 1 unspecified atom stereocenters. The van der Waals surface area contributed by atoms with Gasteiger partial charge in [-0.3, -0.25) is 0 Å². The summed E-state index contributed by atoms with van der Waals surface area (Å²) in [5, 5.41) is 0. The van der Waals surface area contributed by atoms with Crippen molar-refractivity contribution in [2.45, 2.75) is 6.10 Å². The van der Waals surface area contributed by atoms with Crippen molar-refractivity contribution in [1.29, 1.82) is 0 Å². The van der Waals surface area contributed by atoms with Crippen LogP contribution in [0.5, 0.6) is 0 Å². The molecule has 0 bridgehead atoms. The van der Waals surface area contributed by atoms with Gasteiger partial charge < -0.3 is 19.7 Å². The third-order valence-electron chi connectivity index (χ3n) is 0.993. The summed E-state index contributed by atoms with van der Waals surface area (Å²) in [5.74, 6) is 0. The molecular weight excluding hydrogens is 124 g/mol. The van der Waals surface area contributed by atoms with E-state index in [1.165, 1.54) is 0 Å². The first kappa shape index (κ1) is 8.55. The van der Waals surface area contributed by atoms with Crippen molar-refractivity contribution in [3.8, 4) is 0 Å². The fourth-order valence-corrected chi connectivity index (χ4v) is 0.585. The van der Waals surface area contributed by atoms with Crippen LogP contribution >= 0.6 is 0 Å². The zero-order valence-electron chi connectivity index (χ0n) is 5.00. The van der Waals surface area contributed by atoms with Gasteiger partial charge in [0, 0.05) is 0 Å². The maximum absolute atomic E-state index is 9.95. The fourth-order valence-electron chi connectivity index (χ4n) is 0.585. The van der Waals surface area contributed by atoms with Crippen LogP contribution in [-0.4, -0.2) is 37.7 Å². The minimum Gasteiger partial charge on any atom is -0.412 e. The van der Waals surface area contributed by atoms with Gasteiger partial charge >= 0.3 is 0 Å². The highest BCUT2D eigenvalue weighted by molar-refractivity contribution is 5.56. The third-order valence-corrected chi connectivity index (χ3v) is 0.993. The highest BCUT2D eigenvalue weighted by Crippen LogP contribution is 1.95.